The number of anilines is 1. The third kappa shape index (κ3) is 3.92. The van der Waals surface area contributed by atoms with Gasteiger partial charge in [0.2, 0.25) is 0 Å². The monoisotopic (exact) mass is 335 g/mol. The molecular weight excluding hydrogens is 328 g/mol. The quantitative estimate of drug-likeness (QED) is 0.507. The molecule has 0 spiro atoms. The molecule has 0 aliphatic heterocycles. The number of rotatable bonds is 5. The number of halogens is 1. The van der Waals surface area contributed by atoms with Crippen molar-refractivity contribution in [3.8, 4) is 5.75 Å². The van der Waals surface area contributed by atoms with Gasteiger partial charge in [0.15, 0.2) is 0 Å². The van der Waals surface area contributed by atoms with Crippen LogP contribution in [0, 0.1) is 20.2 Å². The van der Waals surface area contributed by atoms with E-state index in [1.54, 1.807) is 0 Å². The van der Waals surface area contributed by atoms with E-state index in [0.29, 0.717) is 5.69 Å². The molecule has 10 heteroatoms. The van der Waals surface area contributed by atoms with E-state index in [4.69, 9.17) is 11.6 Å². The van der Waals surface area contributed by atoms with Crippen LogP contribution in [0.2, 0.25) is 5.02 Å². The fourth-order valence-corrected chi connectivity index (χ4v) is 1.89. The minimum atomic E-state index is -0.824. The number of hydrazone groups is 1. The van der Waals surface area contributed by atoms with Gasteiger partial charge in [-0.3, -0.25) is 25.7 Å². The van der Waals surface area contributed by atoms with Crippen molar-refractivity contribution in [2.75, 3.05) is 5.43 Å². The number of hydrogen-bond acceptors (Lipinski definition) is 7. The zero-order chi connectivity index (χ0) is 17.0. The SMILES string of the molecule is O=[N+]([O-])c1ccc(N/N=C\c2cc(Cl)cc([N+](=O)[O-])c2[O-])cc1. The molecule has 0 saturated heterocycles. The smallest absolute Gasteiger partial charge is 0.269 e. The molecule has 0 amide bonds. The molecule has 0 saturated carbocycles. The highest BCUT2D eigenvalue weighted by Crippen LogP contribution is 2.30. The maximum absolute atomic E-state index is 11.8. The zero-order valence-corrected chi connectivity index (χ0v) is 12.1. The van der Waals surface area contributed by atoms with Crippen LogP contribution in [-0.2, 0) is 0 Å². The van der Waals surface area contributed by atoms with Gasteiger partial charge in [-0.25, -0.2) is 0 Å². The van der Waals surface area contributed by atoms with Gasteiger partial charge >= 0.3 is 0 Å². The predicted octanol–water partition coefficient (Wildman–Crippen LogP) is 2.68. The van der Waals surface area contributed by atoms with Crippen molar-refractivity contribution in [3.63, 3.8) is 0 Å². The largest absolute Gasteiger partial charge is 0.867 e. The molecular formula is C13H8ClN4O5-. The van der Waals surface area contributed by atoms with Gasteiger partial charge in [0.1, 0.15) is 0 Å². The predicted molar refractivity (Wildman–Crippen MR) is 81.9 cm³/mol. The minimum Gasteiger partial charge on any atom is -0.867 e. The number of nitro benzene ring substituents is 2. The third-order valence-corrected chi connectivity index (χ3v) is 2.95. The summed E-state index contributed by atoms with van der Waals surface area (Å²) in [5, 5.41) is 36.9. The maximum Gasteiger partial charge on any atom is 0.269 e. The summed E-state index contributed by atoms with van der Waals surface area (Å²) in [5.74, 6) is -0.811. The van der Waals surface area contributed by atoms with Gasteiger partial charge in [0.25, 0.3) is 11.4 Å². The molecule has 0 fully saturated rings. The van der Waals surface area contributed by atoms with E-state index in [9.17, 15) is 25.3 Å². The van der Waals surface area contributed by atoms with Gasteiger partial charge in [-0.2, -0.15) is 5.10 Å². The highest BCUT2D eigenvalue weighted by molar-refractivity contribution is 6.31. The van der Waals surface area contributed by atoms with E-state index >= 15 is 0 Å². The molecule has 0 radical (unpaired) electrons. The summed E-state index contributed by atoms with van der Waals surface area (Å²) in [6.45, 7) is 0. The fraction of sp³-hybridized carbons (Fsp3) is 0. The summed E-state index contributed by atoms with van der Waals surface area (Å²) < 4.78 is 0. The maximum atomic E-state index is 11.8. The Bertz CT molecular complexity index is 792. The Morgan fingerprint density at radius 1 is 1.09 bits per heavy atom. The fourth-order valence-electron chi connectivity index (χ4n) is 1.67. The topological polar surface area (TPSA) is 134 Å². The van der Waals surface area contributed by atoms with Crippen molar-refractivity contribution >= 4 is 34.9 Å². The Balaban J connectivity index is 2.17. The summed E-state index contributed by atoms with van der Waals surface area (Å²) in [6, 6.07) is 7.62. The number of non-ortho nitro benzene ring substituents is 1. The molecule has 2 aromatic carbocycles. The van der Waals surface area contributed by atoms with Crippen molar-refractivity contribution in [1.82, 2.24) is 0 Å². The van der Waals surface area contributed by atoms with Crippen molar-refractivity contribution in [2.24, 2.45) is 5.10 Å². The van der Waals surface area contributed by atoms with Gasteiger partial charge in [-0.05, 0) is 29.5 Å². The van der Waals surface area contributed by atoms with Crippen LogP contribution in [-0.4, -0.2) is 16.1 Å². The molecule has 0 bridgehead atoms. The van der Waals surface area contributed by atoms with Gasteiger partial charge in [0, 0.05) is 23.2 Å². The lowest BCUT2D eigenvalue weighted by atomic mass is 10.2. The Kier molecular flexibility index (Phi) is 4.72. The second-order valence-electron chi connectivity index (χ2n) is 4.27. The zero-order valence-electron chi connectivity index (χ0n) is 11.3. The molecule has 118 valence electrons. The summed E-state index contributed by atoms with van der Waals surface area (Å²) in [7, 11) is 0. The van der Waals surface area contributed by atoms with Crippen LogP contribution in [0.1, 0.15) is 5.56 Å². The van der Waals surface area contributed by atoms with Crippen LogP contribution in [0.25, 0.3) is 0 Å². The number of nitrogens with zero attached hydrogens (tertiary/aromatic N) is 3. The van der Waals surface area contributed by atoms with Gasteiger partial charge in [-0.15, -0.1) is 0 Å². The first-order chi connectivity index (χ1) is 10.9. The average Bonchev–Trinajstić information content (AvgIpc) is 2.50. The number of hydrogen-bond donors (Lipinski definition) is 1. The lowest BCUT2D eigenvalue weighted by Gasteiger charge is -2.10. The number of nitro groups is 2. The first-order valence-electron chi connectivity index (χ1n) is 6.07. The molecule has 0 unspecified atom stereocenters. The Morgan fingerprint density at radius 2 is 1.74 bits per heavy atom. The van der Waals surface area contributed by atoms with Gasteiger partial charge in [0.05, 0.1) is 21.7 Å². The molecule has 0 aliphatic rings. The Morgan fingerprint density at radius 3 is 2.30 bits per heavy atom. The van der Waals surface area contributed by atoms with Gasteiger partial charge < -0.3 is 5.11 Å². The van der Waals surface area contributed by atoms with Crippen LogP contribution >= 0.6 is 11.6 Å². The van der Waals surface area contributed by atoms with Crippen LogP contribution in [0.15, 0.2) is 41.5 Å². The molecule has 1 N–H and O–H groups in total. The average molecular weight is 336 g/mol. The number of nitrogens with one attached hydrogen (secondary N) is 1. The first-order valence-corrected chi connectivity index (χ1v) is 6.45. The lowest BCUT2D eigenvalue weighted by Crippen LogP contribution is -2.03. The normalized spacial score (nSPS) is 10.7. The van der Waals surface area contributed by atoms with Crippen LogP contribution in [0.4, 0.5) is 17.1 Å². The highest BCUT2D eigenvalue weighted by atomic mass is 35.5. The van der Waals surface area contributed by atoms with Crippen LogP contribution in [0.3, 0.4) is 0 Å². The summed E-state index contributed by atoms with van der Waals surface area (Å²) in [5.41, 5.74) is 2.21. The standard InChI is InChI=1S/C13H9ClN4O5/c14-9-5-8(13(19)12(6-9)18(22)23)7-15-16-10-1-3-11(4-2-10)17(20)21/h1-7,16,19H/p-1/b15-7-. The van der Waals surface area contributed by atoms with Crippen molar-refractivity contribution in [1.29, 1.82) is 0 Å². The molecule has 0 aliphatic carbocycles. The minimum absolute atomic E-state index is 0.0353. The first kappa shape index (κ1) is 16.2. The highest BCUT2D eigenvalue weighted by Gasteiger charge is 2.11. The molecule has 2 rings (SSSR count). The van der Waals surface area contributed by atoms with Gasteiger partial charge in [-0.1, -0.05) is 11.6 Å². The van der Waals surface area contributed by atoms with Crippen molar-refractivity contribution < 1.29 is 15.0 Å². The van der Waals surface area contributed by atoms with E-state index in [-0.39, 0.29) is 16.3 Å². The Hall–Kier alpha value is -3.20. The second kappa shape index (κ2) is 6.71. The van der Waals surface area contributed by atoms with E-state index < -0.39 is 21.3 Å². The lowest BCUT2D eigenvalue weighted by molar-refractivity contribution is -0.398. The summed E-state index contributed by atoms with van der Waals surface area (Å²) >= 11 is 5.72. The molecule has 0 atom stereocenters. The van der Waals surface area contributed by atoms with Crippen LogP contribution in [0.5, 0.6) is 5.75 Å². The van der Waals surface area contributed by atoms with E-state index in [2.05, 4.69) is 10.5 Å². The van der Waals surface area contributed by atoms with Crippen molar-refractivity contribution in [2.45, 2.75) is 0 Å². The van der Waals surface area contributed by atoms with E-state index in [1.807, 2.05) is 0 Å². The molecule has 0 aromatic heterocycles. The molecule has 2 aromatic rings. The van der Waals surface area contributed by atoms with Crippen molar-refractivity contribution in [3.05, 3.63) is 67.2 Å². The third-order valence-electron chi connectivity index (χ3n) is 2.73. The summed E-state index contributed by atoms with van der Waals surface area (Å²) in [6.07, 6.45) is 1.09. The number of benzene rings is 2. The molecule has 0 heterocycles. The van der Waals surface area contributed by atoms with E-state index in [0.717, 1.165) is 12.3 Å². The summed E-state index contributed by atoms with van der Waals surface area (Å²) in [4.78, 5) is 19.9. The van der Waals surface area contributed by atoms with Crippen LogP contribution < -0.4 is 10.5 Å². The second-order valence-corrected chi connectivity index (χ2v) is 4.71. The Labute approximate surface area is 134 Å². The van der Waals surface area contributed by atoms with E-state index in [1.165, 1.54) is 30.3 Å². The molecule has 23 heavy (non-hydrogen) atoms. The molecule has 9 nitrogen and oxygen atoms in total.